The van der Waals surface area contributed by atoms with Crippen LogP contribution in [0.15, 0.2) is 12.3 Å². The lowest BCUT2D eigenvalue weighted by Crippen LogP contribution is -2.32. The van der Waals surface area contributed by atoms with Crippen molar-refractivity contribution in [3.05, 3.63) is 12.3 Å². The van der Waals surface area contributed by atoms with Gasteiger partial charge in [-0.2, -0.15) is 0 Å². The van der Waals surface area contributed by atoms with Crippen molar-refractivity contribution >= 4 is 0 Å². The van der Waals surface area contributed by atoms with Gasteiger partial charge in [0.2, 0.25) is 0 Å². The monoisotopic (exact) mass is 113 g/mol. The van der Waals surface area contributed by atoms with Gasteiger partial charge < -0.3 is 10.1 Å². The maximum atomic E-state index is 5.24. The van der Waals surface area contributed by atoms with Crippen LogP contribution in [0.25, 0.3) is 0 Å². The van der Waals surface area contributed by atoms with Crippen molar-refractivity contribution in [1.82, 2.24) is 5.32 Å². The van der Waals surface area contributed by atoms with Crippen LogP contribution in [0.3, 0.4) is 0 Å². The van der Waals surface area contributed by atoms with Crippen LogP contribution in [0.5, 0.6) is 0 Å². The molecule has 2 nitrogen and oxygen atoms in total. The van der Waals surface area contributed by atoms with Crippen molar-refractivity contribution in [3.63, 3.8) is 0 Å². The molecule has 0 aromatic heterocycles. The van der Waals surface area contributed by atoms with Crippen LogP contribution in [-0.4, -0.2) is 12.3 Å². The molecule has 46 valence electrons. The first-order valence-electron chi connectivity index (χ1n) is 2.70. The lowest BCUT2D eigenvalue weighted by molar-refractivity contribution is 0.0235. The molecule has 0 aliphatic carbocycles. The van der Waals surface area contributed by atoms with Gasteiger partial charge in [-0.25, -0.2) is 0 Å². The van der Waals surface area contributed by atoms with Crippen LogP contribution in [0.4, 0.5) is 0 Å². The first-order chi connectivity index (χ1) is 3.60. The summed E-state index contributed by atoms with van der Waals surface area (Å²) in [6.07, 6.45) is 0. The maximum absolute atomic E-state index is 5.24. The predicted molar refractivity (Wildman–Crippen MR) is 32.3 cm³/mol. The Balaban J connectivity index is 2.56. The average molecular weight is 113 g/mol. The standard InChI is InChI=1S/C6H11NO/c1-5-4-8-6(2,3)7-5/h7H,1,4H2,2-3H3. The van der Waals surface area contributed by atoms with E-state index in [0.717, 1.165) is 5.70 Å². The lowest BCUT2D eigenvalue weighted by atomic mass is 10.3. The van der Waals surface area contributed by atoms with E-state index in [9.17, 15) is 0 Å². The fourth-order valence-corrected chi connectivity index (χ4v) is 0.765. The number of rotatable bonds is 0. The SMILES string of the molecule is C=C1COC(C)(C)N1. The molecular formula is C6H11NO. The van der Waals surface area contributed by atoms with E-state index in [2.05, 4.69) is 11.9 Å². The zero-order valence-corrected chi connectivity index (χ0v) is 5.32. The van der Waals surface area contributed by atoms with Crippen LogP contribution in [0.1, 0.15) is 13.8 Å². The summed E-state index contributed by atoms with van der Waals surface area (Å²) in [7, 11) is 0. The average Bonchev–Trinajstić information content (AvgIpc) is 1.82. The Morgan fingerprint density at radius 1 is 1.75 bits per heavy atom. The Hall–Kier alpha value is -0.500. The molecule has 0 amide bonds. The van der Waals surface area contributed by atoms with E-state index in [4.69, 9.17) is 4.74 Å². The summed E-state index contributed by atoms with van der Waals surface area (Å²) in [6, 6.07) is 0. The van der Waals surface area contributed by atoms with Gasteiger partial charge in [-0.15, -0.1) is 0 Å². The Kier molecular flexibility index (Phi) is 1.05. The van der Waals surface area contributed by atoms with Gasteiger partial charge in [-0.3, -0.25) is 0 Å². The van der Waals surface area contributed by atoms with Gasteiger partial charge in [0.05, 0.1) is 6.61 Å². The first kappa shape index (κ1) is 5.63. The van der Waals surface area contributed by atoms with Gasteiger partial charge in [0.25, 0.3) is 0 Å². The predicted octanol–water partition coefficient (Wildman–Crippen LogP) is 0.856. The second-order valence-corrected chi connectivity index (χ2v) is 2.53. The molecule has 0 aromatic rings. The van der Waals surface area contributed by atoms with Crippen molar-refractivity contribution < 1.29 is 4.74 Å². The second kappa shape index (κ2) is 1.49. The number of ether oxygens (including phenoxy) is 1. The van der Waals surface area contributed by atoms with Gasteiger partial charge in [0, 0.05) is 5.70 Å². The molecule has 1 aliphatic heterocycles. The fourth-order valence-electron chi connectivity index (χ4n) is 0.765. The van der Waals surface area contributed by atoms with E-state index in [-0.39, 0.29) is 5.72 Å². The van der Waals surface area contributed by atoms with Crippen molar-refractivity contribution in [2.75, 3.05) is 6.61 Å². The molecule has 0 bridgehead atoms. The third-order valence-corrected chi connectivity index (χ3v) is 1.09. The molecule has 0 unspecified atom stereocenters. The lowest BCUT2D eigenvalue weighted by Gasteiger charge is -2.16. The summed E-state index contributed by atoms with van der Waals surface area (Å²) in [6.45, 7) is 8.31. The molecule has 0 atom stereocenters. The van der Waals surface area contributed by atoms with Gasteiger partial charge in [-0.05, 0) is 13.8 Å². The third-order valence-electron chi connectivity index (χ3n) is 1.09. The molecule has 1 aliphatic rings. The van der Waals surface area contributed by atoms with Gasteiger partial charge in [0.15, 0.2) is 0 Å². The molecule has 1 fully saturated rings. The largest absolute Gasteiger partial charge is 0.360 e. The molecule has 0 spiro atoms. The molecule has 8 heavy (non-hydrogen) atoms. The highest BCUT2D eigenvalue weighted by Gasteiger charge is 2.24. The van der Waals surface area contributed by atoms with E-state index >= 15 is 0 Å². The fraction of sp³-hybridized carbons (Fsp3) is 0.667. The summed E-state index contributed by atoms with van der Waals surface area (Å²) in [4.78, 5) is 0. The van der Waals surface area contributed by atoms with E-state index < -0.39 is 0 Å². The number of nitrogens with one attached hydrogen (secondary N) is 1. The highest BCUT2D eigenvalue weighted by Crippen LogP contribution is 2.14. The van der Waals surface area contributed by atoms with Crippen molar-refractivity contribution in [2.24, 2.45) is 0 Å². The quantitative estimate of drug-likeness (QED) is 0.503. The van der Waals surface area contributed by atoms with Gasteiger partial charge in [-0.1, -0.05) is 6.58 Å². The highest BCUT2D eigenvalue weighted by molar-refractivity contribution is 5.00. The van der Waals surface area contributed by atoms with Crippen molar-refractivity contribution in [2.45, 2.75) is 19.6 Å². The highest BCUT2D eigenvalue weighted by atomic mass is 16.5. The Labute approximate surface area is 49.5 Å². The molecule has 1 rings (SSSR count). The molecule has 1 heterocycles. The summed E-state index contributed by atoms with van der Waals surface area (Å²) < 4.78 is 5.24. The van der Waals surface area contributed by atoms with Crippen LogP contribution < -0.4 is 5.32 Å². The minimum Gasteiger partial charge on any atom is -0.360 e. The van der Waals surface area contributed by atoms with Crippen LogP contribution in [-0.2, 0) is 4.74 Å². The van der Waals surface area contributed by atoms with E-state index in [1.165, 1.54) is 0 Å². The minimum absolute atomic E-state index is 0.183. The van der Waals surface area contributed by atoms with E-state index in [1.807, 2.05) is 13.8 Å². The molecule has 2 heteroatoms. The second-order valence-electron chi connectivity index (χ2n) is 2.53. The van der Waals surface area contributed by atoms with Gasteiger partial charge in [0.1, 0.15) is 5.72 Å². The zero-order valence-electron chi connectivity index (χ0n) is 5.32. The van der Waals surface area contributed by atoms with Crippen molar-refractivity contribution in [1.29, 1.82) is 0 Å². The van der Waals surface area contributed by atoms with Crippen LogP contribution in [0.2, 0.25) is 0 Å². The van der Waals surface area contributed by atoms with Crippen molar-refractivity contribution in [3.8, 4) is 0 Å². The summed E-state index contributed by atoms with van der Waals surface area (Å²) in [5.41, 5.74) is 0.784. The molecule has 0 radical (unpaired) electrons. The molecule has 0 aromatic carbocycles. The summed E-state index contributed by atoms with van der Waals surface area (Å²) >= 11 is 0. The Morgan fingerprint density at radius 3 is 2.50 bits per heavy atom. The smallest absolute Gasteiger partial charge is 0.133 e. The normalized spacial score (nSPS) is 25.5. The van der Waals surface area contributed by atoms with Gasteiger partial charge >= 0.3 is 0 Å². The first-order valence-corrected chi connectivity index (χ1v) is 2.70. The van der Waals surface area contributed by atoms with Crippen LogP contribution >= 0.6 is 0 Å². The van der Waals surface area contributed by atoms with E-state index in [0.29, 0.717) is 6.61 Å². The number of hydrogen-bond donors (Lipinski definition) is 1. The molecule has 1 saturated heterocycles. The number of hydrogen-bond acceptors (Lipinski definition) is 2. The summed E-state index contributed by atoms with van der Waals surface area (Å²) in [5, 5.41) is 3.08. The maximum Gasteiger partial charge on any atom is 0.133 e. The Morgan fingerprint density at radius 2 is 2.38 bits per heavy atom. The minimum atomic E-state index is -0.183. The molecule has 0 saturated carbocycles. The summed E-state index contributed by atoms with van der Waals surface area (Å²) in [5.74, 6) is 0. The van der Waals surface area contributed by atoms with E-state index in [1.54, 1.807) is 0 Å². The zero-order chi connectivity index (χ0) is 6.20. The third kappa shape index (κ3) is 1.01. The Bertz CT molecular complexity index is 118. The molecular weight excluding hydrogens is 102 g/mol. The molecule has 1 N–H and O–H groups in total. The topological polar surface area (TPSA) is 21.3 Å². The van der Waals surface area contributed by atoms with Crippen LogP contribution in [0, 0.1) is 0 Å².